The van der Waals surface area contributed by atoms with Gasteiger partial charge in [-0.2, -0.15) is 5.26 Å². The minimum atomic E-state index is -0.912. The summed E-state index contributed by atoms with van der Waals surface area (Å²) >= 11 is 1.30. The Bertz CT molecular complexity index is 865. The molecule has 0 aliphatic carbocycles. The van der Waals surface area contributed by atoms with Crippen molar-refractivity contribution >= 4 is 23.2 Å². The Kier molecular flexibility index (Phi) is 3.78. The van der Waals surface area contributed by atoms with Gasteiger partial charge in [0.2, 0.25) is 5.91 Å². The molecular weight excluding hydrogens is 324 g/mol. The summed E-state index contributed by atoms with van der Waals surface area (Å²) in [7, 11) is 1.59. The first kappa shape index (κ1) is 16.0. The molecule has 0 radical (unpaired) electrons. The predicted octanol–water partition coefficient (Wildman–Crippen LogP) is 2.11. The number of hydrogen-bond donors (Lipinski definition) is 2. The molecule has 3 N–H and O–H groups in total. The third kappa shape index (κ3) is 2.41. The van der Waals surface area contributed by atoms with Gasteiger partial charge in [-0.3, -0.25) is 9.69 Å². The van der Waals surface area contributed by atoms with Crippen LogP contribution in [0.15, 0.2) is 41.4 Å². The Labute approximate surface area is 143 Å². The number of carbonyl (C=O) groups excluding carboxylic acids is 1. The van der Waals surface area contributed by atoms with Gasteiger partial charge in [0, 0.05) is 11.9 Å². The summed E-state index contributed by atoms with van der Waals surface area (Å²) in [5, 5.41) is 18.6. The van der Waals surface area contributed by atoms with E-state index in [1.165, 1.54) is 16.2 Å². The van der Waals surface area contributed by atoms with Crippen LogP contribution in [-0.4, -0.2) is 28.9 Å². The molecule has 122 valence electrons. The van der Waals surface area contributed by atoms with Crippen LogP contribution >= 0.6 is 11.3 Å². The second kappa shape index (κ2) is 5.65. The minimum Gasteiger partial charge on any atom is -0.508 e. The highest BCUT2D eigenvalue weighted by molar-refractivity contribution is 7.12. The first-order valence-electron chi connectivity index (χ1n) is 7.29. The van der Waals surface area contributed by atoms with Gasteiger partial charge in [-0.15, -0.1) is 11.3 Å². The zero-order valence-electron chi connectivity index (χ0n) is 13.2. The van der Waals surface area contributed by atoms with Gasteiger partial charge < -0.3 is 10.8 Å². The number of phenolic OH excluding ortho intramolecular Hbond substituents is 1. The van der Waals surface area contributed by atoms with Crippen molar-refractivity contribution in [1.82, 2.24) is 4.90 Å². The summed E-state index contributed by atoms with van der Waals surface area (Å²) < 4.78 is 0. The fourth-order valence-electron chi connectivity index (χ4n) is 2.93. The molecule has 1 aliphatic heterocycles. The van der Waals surface area contributed by atoms with E-state index in [1.54, 1.807) is 37.4 Å². The standard InChI is InChI=1S/C17H16N4O2S/c1-17(13-8-7-12(9-18)24-13)14(10-3-5-11(22)6-4-10)15(23)21(2)16(19)20-17/h3-8,14,22H,1-2H3,(H2,19,20)/t14?,17-/m1/s1. The Morgan fingerprint density at radius 1 is 1.33 bits per heavy atom. The van der Waals surface area contributed by atoms with Gasteiger partial charge in [0.1, 0.15) is 22.2 Å². The number of amides is 1. The van der Waals surface area contributed by atoms with Crippen LogP contribution in [0.1, 0.15) is 28.2 Å². The van der Waals surface area contributed by atoms with Gasteiger partial charge in [0.05, 0.1) is 5.92 Å². The molecule has 1 unspecified atom stereocenters. The molecule has 3 rings (SSSR count). The second-order valence-electron chi connectivity index (χ2n) is 5.82. The molecule has 2 aromatic rings. The number of likely N-dealkylation sites (N-methyl/N-ethyl adjacent to an activating group) is 1. The van der Waals surface area contributed by atoms with Crippen molar-refractivity contribution in [2.24, 2.45) is 10.7 Å². The largest absolute Gasteiger partial charge is 0.508 e. The number of guanidine groups is 1. The topological polar surface area (TPSA) is 103 Å². The molecule has 0 spiro atoms. The third-order valence-electron chi connectivity index (χ3n) is 4.27. The van der Waals surface area contributed by atoms with Crippen molar-refractivity contribution in [3.8, 4) is 11.8 Å². The Balaban J connectivity index is 2.20. The monoisotopic (exact) mass is 340 g/mol. The van der Waals surface area contributed by atoms with Crippen molar-refractivity contribution < 1.29 is 9.90 Å². The quantitative estimate of drug-likeness (QED) is 0.874. The summed E-state index contributed by atoms with van der Waals surface area (Å²) in [4.78, 5) is 20.2. The molecule has 0 bridgehead atoms. The van der Waals surface area contributed by atoms with E-state index in [0.717, 1.165) is 10.4 Å². The Hall–Kier alpha value is -2.85. The predicted molar refractivity (Wildman–Crippen MR) is 91.6 cm³/mol. The fourth-order valence-corrected chi connectivity index (χ4v) is 3.85. The molecule has 2 heterocycles. The fraction of sp³-hybridized carbons (Fsp3) is 0.235. The Morgan fingerprint density at radius 2 is 2.00 bits per heavy atom. The number of phenols is 1. The molecule has 7 heteroatoms. The van der Waals surface area contributed by atoms with E-state index >= 15 is 0 Å². The first-order valence-corrected chi connectivity index (χ1v) is 8.10. The zero-order chi connectivity index (χ0) is 17.5. The van der Waals surface area contributed by atoms with Gasteiger partial charge in [-0.1, -0.05) is 12.1 Å². The minimum absolute atomic E-state index is 0.128. The zero-order valence-corrected chi connectivity index (χ0v) is 14.0. The van der Waals surface area contributed by atoms with Gasteiger partial charge in [0.15, 0.2) is 5.96 Å². The van der Waals surface area contributed by atoms with Crippen LogP contribution in [-0.2, 0) is 10.3 Å². The van der Waals surface area contributed by atoms with Crippen LogP contribution in [0.3, 0.4) is 0 Å². The van der Waals surface area contributed by atoms with Crippen LogP contribution in [0.25, 0.3) is 0 Å². The number of nitrogens with two attached hydrogens (primary N) is 1. The average molecular weight is 340 g/mol. The maximum atomic E-state index is 12.9. The molecule has 0 saturated carbocycles. The summed E-state index contributed by atoms with van der Waals surface area (Å²) in [5.41, 5.74) is 5.76. The number of aliphatic imine (C=N–C) groups is 1. The number of benzene rings is 1. The lowest BCUT2D eigenvalue weighted by atomic mass is 9.78. The molecule has 6 nitrogen and oxygen atoms in total. The van der Waals surface area contributed by atoms with E-state index in [9.17, 15) is 9.90 Å². The third-order valence-corrected chi connectivity index (χ3v) is 5.49. The molecule has 0 saturated heterocycles. The number of rotatable bonds is 2. The molecule has 24 heavy (non-hydrogen) atoms. The molecule has 1 aliphatic rings. The first-order chi connectivity index (χ1) is 11.4. The van der Waals surface area contributed by atoms with Crippen LogP contribution in [0.5, 0.6) is 5.75 Å². The van der Waals surface area contributed by atoms with Gasteiger partial charge in [-0.05, 0) is 36.8 Å². The van der Waals surface area contributed by atoms with Crippen molar-refractivity contribution in [3.63, 3.8) is 0 Å². The summed E-state index contributed by atoms with van der Waals surface area (Å²) in [6, 6.07) is 12.1. The normalized spacial score (nSPS) is 23.7. The van der Waals surface area contributed by atoms with E-state index in [1.807, 2.05) is 13.0 Å². The lowest BCUT2D eigenvalue weighted by Gasteiger charge is -2.40. The highest BCUT2D eigenvalue weighted by Crippen LogP contribution is 2.46. The van der Waals surface area contributed by atoms with Crippen LogP contribution in [0.4, 0.5) is 0 Å². The number of carbonyl (C=O) groups is 1. The van der Waals surface area contributed by atoms with E-state index in [2.05, 4.69) is 11.1 Å². The molecule has 1 aromatic carbocycles. The SMILES string of the molecule is CN1C(=O)C(c2ccc(O)cc2)[C@@](C)(c2ccc(C#N)s2)N=C1N. The summed E-state index contributed by atoms with van der Waals surface area (Å²) in [6.45, 7) is 1.84. The Morgan fingerprint density at radius 3 is 2.58 bits per heavy atom. The molecule has 1 aromatic heterocycles. The van der Waals surface area contributed by atoms with E-state index in [-0.39, 0.29) is 17.6 Å². The van der Waals surface area contributed by atoms with Crippen molar-refractivity contribution in [1.29, 1.82) is 5.26 Å². The smallest absolute Gasteiger partial charge is 0.239 e. The maximum Gasteiger partial charge on any atom is 0.239 e. The number of aromatic hydroxyl groups is 1. The van der Waals surface area contributed by atoms with E-state index in [0.29, 0.717) is 4.88 Å². The van der Waals surface area contributed by atoms with Gasteiger partial charge in [-0.25, -0.2) is 4.99 Å². The van der Waals surface area contributed by atoms with E-state index in [4.69, 9.17) is 11.0 Å². The highest BCUT2D eigenvalue weighted by atomic mass is 32.1. The number of thiophene rings is 1. The van der Waals surface area contributed by atoms with Crippen molar-refractivity contribution in [2.75, 3.05) is 7.05 Å². The van der Waals surface area contributed by atoms with Crippen LogP contribution in [0, 0.1) is 11.3 Å². The van der Waals surface area contributed by atoms with Crippen molar-refractivity contribution in [3.05, 3.63) is 51.7 Å². The molecular formula is C17H16N4O2S. The molecule has 2 atom stereocenters. The van der Waals surface area contributed by atoms with Crippen molar-refractivity contribution in [2.45, 2.75) is 18.4 Å². The van der Waals surface area contributed by atoms with Crippen LogP contribution in [0.2, 0.25) is 0 Å². The number of nitrogens with zero attached hydrogens (tertiary/aromatic N) is 3. The summed E-state index contributed by atoms with van der Waals surface area (Å²) in [5.74, 6) is -0.504. The number of hydrogen-bond acceptors (Lipinski definition) is 6. The maximum absolute atomic E-state index is 12.9. The molecule has 0 fully saturated rings. The van der Waals surface area contributed by atoms with E-state index < -0.39 is 11.5 Å². The molecule has 1 amide bonds. The lowest BCUT2D eigenvalue weighted by molar-refractivity contribution is -0.130. The lowest BCUT2D eigenvalue weighted by Crippen LogP contribution is -2.52. The second-order valence-corrected chi connectivity index (χ2v) is 6.90. The van der Waals surface area contributed by atoms with Gasteiger partial charge in [0.25, 0.3) is 0 Å². The van der Waals surface area contributed by atoms with Gasteiger partial charge >= 0.3 is 0 Å². The number of nitriles is 1. The highest BCUT2D eigenvalue weighted by Gasteiger charge is 2.47. The average Bonchev–Trinajstić information content (AvgIpc) is 3.04. The summed E-state index contributed by atoms with van der Waals surface area (Å²) in [6.07, 6.45) is 0. The van der Waals surface area contributed by atoms with Crippen LogP contribution < -0.4 is 5.73 Å².